The van der Waals surface area contributed by atoms with Gasteiger partial charge in [-0.05, 0) is 20.8 Å². The number of hydrogen-bond donors (Lipinski definition) is 2. The summed E-state index contributed by atoms with van der Waals surface area (Å²) in [6, 6.07) is 0. The van der Waals surface area contributed by atoms with Gasteiger partial charge < -0.3 is 15.8 Å². The summed E-state index contributed by atoms with van der Waals surface area (Å²) in [7, 11) is 0. The number of amides is 1. The summed E-state index contributed by atoms with van der Waals surface area (Å²) in [5.41, 5.74) is 5.13. The van der Waals surface area contributed by atoms with Crippen LogP contribution >= 0.6 is 0 Å². The maximum absolute atomic E-state index is 11.0. The van der Waals surface area contributed by atoms with Crippen LogP contribution in [0.5, 0.6) is 0 Å². The van der Waals surface area contributed by atoms with Crippen LogP contribution in [0.3, 0.4) is 0 Å². The largest absolute Gasteiger partial charge is 0.374 e. The normalized spacial score (nSPS) is 11.4. The molecule has 0 aliphatic heterocycles. The van der Waals surface area contributed by atoms with E-state index >= 15 is 0 Å². The molecule has 0 spiro atoms. The van der Waals surface area contributed by atoms with Gasteiger partial charge in [-0.15, -0.1) is 0 Å². The van der Waals surface area contributed by atoms with E-state index in [1.165, 1.54) is 0 Å². The number of rotatable bonds is 6. The van der Waals surface area contributed by atoms with E-state index in [-0.39, 0.29) is 11.5 Å². The third-order valence-corrected chi connectivity index (χ3v) is 1.69. The van der Waals surface area contributed by atoms with E-state index in [4.69, 9.17) is 10.5 Å². The predicted molar refractivity (Wildman–Crippen MR) is 52.4 cm³/mol. The Morgan fingerprint density at radius 2 is 2.15 bits per heavy atom. The molecule has 0 bridgehead atoms. The molecule has 0 aliphatic rings. The third-order valence-electron chi connectivity index (χ3n) is 1.69. The van der Waals surface area contributed by atoms with Crippen molar-refractivity contribution in [3.63, 3.8) is 0 Å². The number of hydrogen-bond acceptors (Lipinski definition) is 3. The molecule has 0 heterocycles. The zero-order valence-electron chi connectivity index (χ0n) is 8.72. The molecule has 3 N–H and O–H groups in total. The first-order valence-corrected chi connectivity index (χ1v) is 4.62. The van der Waals surface area contributed by atoms with Crippen molar-refractivity contribution in [2.45, 2.75) is 32.8 Å². The topological polar surface area (TPSA) is 64.3 Å². The molecule has 13 heavy (non-hydrogen) atoms. The number of nitrogens with one attached hydrogen (secondary N) is 1. The van der Waals surface area contributed by atoms with E-state index in [0.717, 1.165) is 0 Å². The predicted octanol–water partition coefficient (Wildman–Crippen LogP) is 0.267. The van der Waals surface area contributed by atoms with E-state index < -0.39 is 0 Å². The lowest BCUT2D eigenvalue weighted by atomic mass is 10.1. The Balaban J connectivity index is 3.50. The second-order valence-corrected chi connectivity index (χ2v) is 3.52. The average molecular weight is 188 g/mol. The Hall–Kier alpha value is -0.610. The van der Waals surface area contributed by atoms with E-state index in [2.05, 4.69) is 5.32 Å². The quantitative estimate of drug-likeness (QED) is 0.628. The zero-order valence-corrected chi connectivity index (χ0v) is 8.72. The SMILES string of the molecule is CCNC(=O)CCOC(C)(C)CN. The Bertz CT molecular complexity index is 158. The summed E-state index contributed by atoms with van der Waals surface area (Å²) in [5, 5.41) is 2.70. The van der Waals surface area contributed by atoms with Crippen molar-refractivity contribution in [2.24, 2.45) is 5.73 Å². The Kier molecular flexibility index (Phi) is 5.66. The molecule has 0 radical (unpaired) electrons. The van der Waals surface area contributed by atoms with Crippen LogP contribution < -0.4 is 11.1 Å². The lowest BCUT2D eigenvalue weighted by molar-refractivity contribution is -0.123. The highest BCUT2D eigenvalue weighted by Gasteiger charge is 2.15. The fourth-order valence-electron chi connectivity index (χ4n) is 0.765. The van der Waals surface area contributed by atoms with Crippen LogP contribution in [0.2, 0.25) is 0 Å². The van der Waals surface area contributed by atoms with Crippen molar-refractivity contribution < 1.29 is 9.53 Å². The molecule has 0 aliphatic carbocycles. The molecule has 1 amide bonds. The van der Waals surface area contributed by atoms with Crippen molar-refractivity contribution in [3.05, 3.63) is 0 Å². The number of ether oxygens (including phenoxy) is 1. The maximum Gasteiger partial charge on any atom is 0.222 e. The van der Waals surface area contributed by atoms with Gasteiger partial charge >= 0.3 is 0 Å². The summed E-state index contributed by atoms with van der Waals surface area (Å²) in [6.45, 7) is 7.26. The molecule has 78 valence electrons. The molecule has 0 saturated heterocycles. The van der Waals surface area contributed by atoms with Crippen LogP contribution in [0.15, 0.2) is 0 Å². The standard InChI is InChI=1S/C9H20N2O2/c1-4-11-8(12)5-6-13-9(2,3)7-10/h4-7,10H2,1-3H3,(H,11,12). The Morgan fingerprint density at radius 1 is 1.54 bits per heavy atom. The van der Waals surface area contributed by atoms with Crippen molar-refractivity contribution in [1.82, 2.24) is 5.32 Å². The van der Waals surface area contributed by atoms with Gasteiger partial charge in [-0.2, -0.15) is 0 Å². The summed E-state index contributed by atoms with van der Waals surface area (Å²) in [6.07, 6.45) is 0.400. The van der Waals surface area contributed by atoms with Gasteiger partial charge in [0.05, 0.1) is 12.2 Å². The van der Waals surface area contributed by atoms with E-state index in [0.29, 0.717) is 26.1 Å². The van der Waals surface area contributed by atoms with Crippen molar-refractivity contribution >= 4 is 5.91 Å². The second-order valence-electron chi connectivity index (χ2n) is 3.52. The first-order valence-electron chi connectivity index (χ1n) is 4.62. The summed E-state index contributed by atoms with van der Waals surface area (Å²) in [5.74, 6) is 0.0234. The minimum Gasteiger partial charge on any atom is -0.374 e. The molecule has 0 aromatic carbocycles. The maximum atomic E-state index is 11.0. The summed E-state index contributed by atoms with van der Waals surface area (Å²) < 4.78 is 5.41. The molecule has 0 fully saturated rings. The van der Waals surface area contributed by atoms with Crippen LogP contribution in [-0.4, -0.2) is 31.2 Å². The van der Waals surface area contributed by atoms with Gasteiger partial charge in [-0.3, -0.25) is 4.79 Å². The lowest BCUT2D eigenvalue weighted by Gasteiger charge is -2.22. The highest BCUT2D eigenvalue weighted by atomic mass is 16.5. The summed E-state index contributed by atoms with van der Waals surface area (Å²) >= 11 is 0. The molecular formula is C9H20N2O2. The van der Waals surface area contributed by atoms with Gasteiger partial charge in [0.1, 0.15) is 0 Å². The molecule has 0 unspecified atom stereocenters. The summed E-state index contributed by atoms with van der Waals surface area (Å²) in [4.78, 5) is 11.0. The van der Waals surface area contributed by atoms with Crippen LogP contribution in [-0.2, 0) is 9.53 Å². The second kappa shape index (κ2) is 5.94. The molecule has 4 nitrogen and oxygen atoms in total. The number of carbonyl (C=O) groups is 1. The molecule has 0 aromatic heterocycles. The van der Waals surface area contributed by atoms with Gasteiger partial charge in [-0.1, -0.05) is 0 Å². The average Bonchev–Trinajstić information content (AvgIpc) is 2.05. The van der Waals surface area contributed by atoms with Crippen LogP contribution in [0.1, 0.15) is 27.2 Å². The van der Waals surface area contributed by atoms with Crippen LogP contribution in [0.4, 0.5) is 0 Å². The monoisotopic (exact) mass is 188 g/mol. The van der Waals surface area contributed by atoms with Crippen LogP contribution in [0, 0.1) is 0 Å². The van der Waals surface area contributed by atoms with Gasteiger partial charge in [0, 0.05) is 19.5 Å². The molecule has 4 heteroatoms. The van der Waals surface area contributed by atoms with Gasteiger partial charge in [-0.25, -0.2) is 0 Å². The smallest absolute Gasteiger partial charge is 0.222 e. The molecule has 0 atom stereocenters. The third kappa shape index (κ3) is 6.54. The zero-order chi connectivity index (χ0) is 10.3. The van der Waals surface area contributed by atoms with Crippen molar-refractivity contribution in [3.8, 4) is 0 Å². The van der Waals surface area contributed by atoms with Crippen molar-refractivity contribution in [1.29, 1.82) is 0 Å². The minimum absolute atomic E-state index is 0.0234. The van der Waals surface area contributed by atoms with Crippen molar-refractivity contribution in [2.75, 3.05) is 19.7 Å². The molecule has 0 saturated carbocycles. The first kappa shape index (κ1) is 12.4. The molecular weight excluding hydrogens is 168 g/mol. The van der Waals surface area contributed by atoms with E-state index in [1.54, 1.807) is 0 Å². The minimum atomic E-state index is -0.327. The van der Waals surface area contributed by atoms with E-state index in [1.807, 2.05) is 20.8 Å². The van der Waals surface area contributed by atoms with Gasteiger partial charge in [0.25, 0.3) is 0 Å². The molecule has 0 aromatic rings. The fraction of sp³-hybridized carbons (Fsp3) is 0.889. The lowest BCUT2D eigenvalue weighted by Crippen LogP contribution is -2.35. The van der Waals surface area contributed by atoms with Gasteiger partial charge in [0.2, 0.25) is 5.91 Å². The van der Waals surface area contributed by atoms with Gasteiger partial charge in [0.15, 0.2) is 0 Å². The fourth-order valence-corrected chi connectivity index (χ4v) is 0.765. The number of carbonyl (C=O) groups excluding carboxylic acids is 1. The van der Waals surface area contributed by atoms with Crippen LogP contribution in [0.25, 0.3) is 0 Å². The Labute approximate surface area is 79.8 Å². The Morgan fingerprint density at radius 3 is 2.62 bits per heavy atom. The highest BCUT2D eigenvalue weighted by molar-refractivity contribution is 5.75. The van der Waals surface area contributed by atoms with E-state index in [9.17, 15) is 4.79 Å². The molecule has 0 rings (SSSR count). The number of nitrogens with two attached hydrogens (primary N) is 1. The highest BCUT2D eigenvalue weighted by Crippen LogP contribution is 2.06. The first-order chi connectivity index (χ1) is 6.02.